The Morgan fingerprint density at radius 3 is 2.71 bits per heavy atom. The maximum Gasteiger partial charge on any atom is 0.265 e. The van der Waals surface area contributed by atoms with Crippen molar-refractivity contribution in [1.29, 1.82) is 0 Å². The topological polar surface area (TPSA) is 97.2 Å². The van der Waals surface area contributed by atoms with Gasteiger partial charge in [-0.15, -0.1) is 5.10 Å². The number of ether oxygens (including phenoxy) is 1. The number of anilines is 2. The molecule has 0 radical (unpaired) electrons. The number of pyridine rings is 2. The van der Waals surface area contributed by atoms with E-state index in [2.05, 4.69) is 33.8 Å². The number of hydrogen-bond acceptors (Lipinski definition) is 8. The number of carbonyl (C=O) groups is 1. The monoisotopic (exact) mass is 571 g/mol. The molecule has 2 aliphatic heterocycles. The minimum atomic E-state index is -0.188. The molecular weight excluding hydrogens is 534 g/mol. The van der Waals surface area contributed by atoms with Crippen LogP contribution in [0.2, 0.25) is 0 Å². The number of fused-ring (bicyclic) bond motifs is 7. The summed E-state index contributed by atoms with van der Waals surface area (Å²) in [5, 5.41) is 8.89. The Bertz CT molecular complexity index is 1490. The second-order valence-electron chi connectivity index (χ2n) is 13.2. The van der Waals surface area contributed by atoms with Crippen molar-refractivity contribution in [2.75, 3.05) is 29.9 Å². The molecule has 9 nitrogen and oxygen atoms in total. The lowest BCUT2D eigenvalue weighted by Gasteiger charge is -2.34. The first kappa shape index (κ1) is 25.4. The molecule has 0 aromatic carbocycles. The summed E-state index contributed by atoms with van der Waals surface area (Å²) in [6.45, 7) is 6.89. The molecule has 5 aliphatic rings. The third-order valence-corrected chi connectivity index (χ3v) is 11.2. The first-order valence-electron chi connectivity index (χ1n) is 15.0. The van der Waals surface area contributed by atoms with Crippen molar-refractivity contribution in [3.05, 3.63) is 48.2 Å². The molecule has 10 heteroatoms. The van der Waals surface area contributed by atoms with Crippen LogP contribution in [-0.2, 0) is 0 Å². The van der Waals surface area contributed by atoms with E-state index in [1.54, 1.807) is 4.68 Å². The van der Waals surface area contributed by atoms with Gasteiger partial charge in [-0.3, -0.25) is 9.52 Å². The van der Waals surface area contributed by atoms with Gasteiger partial charge in [0.25, 0.3) is 5.91 Å². The van der Waals surface area contributed by atoms with Crippen LogP contribution in [-0.4, -0.2) is 50.9 Å². The molecule has 1 amide bonds. The van der Waals surface area contributed by atoms with Crippen molar-refractivity contribution in [1.82, 2.24) is 24.5 Å². The highest BCUT2D eigenvalue weighted by atomic mass is 32.2. The van der Waals surface area contributed by atoms with Crippen LogP contribution in [0, 0.1) is 22.7 Å². The zero-order valence-corrected chi connectivity index (χ0v) is 24.5. The third kappa shape index (κ3) is 4.28. The van der Waals surface area contributed by atoms with Crippen LogP contribution < -0.4 is 19.7 Å². The van der Waals surface area contributed by atoms with Gasteiger partial charge in [-0.05, 0) is 106 Å². The van der Waals surface area contributed by atoms with Gasteiger partial charge in [0, 0.05) is 42.8 Å². The van der Waals surface area contributed by atoms with Gasteiger partial charge in [-0.25, -0.2) is 14.6 Å². The minimum Gasteiger partial charge on any atom is -0.477 e. The molecule has 2 spiro atoms. The molecule has 214 valence electrons. The summed E-state index contributed by atoms with van der Waals surface area (Å²) in [4.78, 5) is 25.5. The number of carbonyl (C=O) groups excluding carboxylic acids is 1. The third-order valence-electron chi connectivity index (χ3n) is 10.4. The average molecular weight is 572 g/mol. The molecule has 3 aromatic heterocycles. The smallest absolute Gasteiger partial charge is 0.265 e. The highest BCUT2D eigenvalue weighted by molar-refractivity contribution is 7.97. The number of amides is 1. The number of hydrogen-bond donors (Lipinski definition) is 2. The molecule has 8 rings (SSSR count). The van der Waals surface area contributed by atoms with E-state index in [-0.39, 0.29) is 11.4 Å². The van der Waals surface area contributed by atoms with Gasteiger partial charge in [0.1, 0.15) is 16.7 Å². The maximum atomic E-state index is 13.5. The summed E-state index contributed by atoms with van der Waals surface area (Å²) in [5.41, 5.74) is 1.82. The van der Waals surface area contributed by atoms with Crippen LogP contribution in [0.1, 0.15) is 69.2 Å². The molecular formula is C31H37N7O2S. The fourth-order valence-electron chi connectivity index (χ4n) is 8.18. The molecule has 3 aromatic rings. The van der Waals surface area contributed by atoms with Crippen LogP contribution in [0.3, 0.4) is 0 Å². The molecule has 5 heterocycles. The zero-order valence-electron chi connectivity index (χ0n) is 23.7. The summed E-state index contributed by atoms with van der Waals surface area (Å²) < 4.78 is 10.8. The first-order chi connectivity index (χ1) is 19.9. The number of aromatic nitrogens is 4. The molecule has 4 bridgehead atoms. The van der Waals surface area contributed by atoms with Gasteiger partial charge < -0.3 is 15.0 Å². The summed E-state index contributed by atoms with van der Waals surface area (Å²) in [6, 6.07) is 11.5. The molecule has 4 fully saturated rings. The van der Waals surface area contributed by atoms with Crippen LogP contribution in [0.25, 0.3) is 5.82 Å². The molecule has 3 saturated carbocycles. The van der Waals surface area contributed by atoms with E-state index in [4.69, 9.17) is 14.8 Å². The van der Waals surface area contributed by atoms with Crippen molar-refractivity contribution in [3.8, 4) is 11.7 Å². The first-order valence-corrected chi connectivity index (χ1v) is 15.8. The van der Waals surface area contributed by atoms with Crippen LogP contribution in [0.5, 0.6) is 5.88 Å². The Hall–Kier alpha value is -3.27. The van der Waals surface area contributed by atoms with Gasteiger partial charge in [-0.2, -0.15) is 0 Å². The standard InChI is InChI=1S/C31H37N7O2S/c1-29(2)18-20-8-15-32-23-4-3-5-26(33-23)41-36-28(39)21-6-7-24(34-27(21)37(29)19-20)38-16-9-25(35-38)40-17-10-22-30(11-12-30)31(22)13-14-31/h3-7,9,16,20,22H,8,10-15,17-19H2,1-2H3,(H,32,33)(H,36,39). The van der Waals surface area contributed by atoms with Crippen molar-refractivity contribution >= 4 is 29.5 Å². The van der Waals surface area contributed by atoms with Gasteiger partial charge in [0.15, 0.2) is 5.82 Å². The normalized spacial score (nSPS) is 24.8. The molecule has 2 N–H and O–H groups in total. The quantitative estimate of drug-likeness (QED) is 0.389. The van der Waals surface area contributed by atoms with E-state index in [1.165, 1.54) is 37.6 Å². The Kier molecular flexibility index (Phi) is 5.65. The lowest BCUT2D eigenvalue weighted by Crippen LogP contribution is -2.40. The summed E-state index contributed by atoms with van der Waals surface area (Å²) >= 11 is 1.22. The molecule has 1 atom stereocenters. The Labute approximate surface area is 245 Å². The predicted octanol–water partition coefficient (Wildman–Crippen LogP) is 5.48. The van der Waals surface area contributed by atoms with Crippen molar-refractivity contribution in [2.45, 2.75) is 69.4 Å². The fourth-order valence-corrected chi connectivity index (χ4v) is 8.78. The van der Waals surface area contributed by atoms with E-state index >= 15 is 0 Å². The number of rotatable bonds is 5. The summed E-state index contributed by atoms with van der Waals surface area (Å²) in [7, 11) is 0. The number of nitrogens with zero attached hydrogens (tertiary/aromatic N) is 5. The van der Waals surface area contributed by atoms with Gasteiger partial charge in [0.2, 0.25) is 5.88 Å². The molecule has 41 heavy (non-hydrogen) atoms. The molecule has 1 saturated heterocycles. The van der Waals surface area contributed by atoms with Gasteiger partial charge >= 0.3 is 0 Å². The van der Waals surface area contributed by atoms with Crippen LogP contribution >= 0.6 is 11.9 Å². The lowest BCUT2D eigenvalue weighted by molar-refractivity contribution is 0.0984. The van der Waals surface area contributed by atoms with E-state index in [1.807, 2.05) is 42.6 Å². The second kappa shape index (κ2) is 9.11. The second-order valence-corrected chi connectivity index (χ2v) is 14.1. The molecule has 1 unspecified atom stereocenters. The SMILES string of the molecule is CC1(C)CC2CCNc3cccc(n3)SNC(=O)c3ccc(-n4ccc(OCCC5C6(CC6)C56CC6)n4)nc3N1C2. The maximum absolute atomic E-state index is 13.5. The minimum absolute atomic E-state index is 0.145. The number of nitrogens with one attached hydrogen (secondary N) is 2. The van der Waals surface area contributed by atoms with Crippen LogP contribution in [0.15, 0.2) is 47.6 Å². The predicted molar refractivity (Wildman–Crippen MR) is 158 cm³/mol. The van der Waals surface area contributed by atoms with E-state index < -0.39 is 0 Å². The molecule has 3 aliphatic carbocycles. The van der Waals surface area contributed by atoms with E-state index in [0.29, 0.717) is 39.8 Å². The van der Waals surface area contributed by atoms with E-state index in [9.17, 15) is 4.79 Å². The summed E-state index contributed by atoms with van der Waals surface area (Å²) in [6.07, 6.45) is 10.8. The lowest BCUT2D eigenvalue weighted by atomic mass is 9.94. The van der Waals surface area contributed by atoms with Gasteiger partial charge in [-0.1, -0.05) is 6.07 Å². The zero-order chi connectivity index (χ0) is 27.8. The van der Waals surface area contributed by atoms with Crippen LogP contribution in [0.4, 0.5) is 11.6 Å². The highest BCUT2D eigenvalue weighted by Gasteiger charge is 2.85. The highest BCUT2D eigenvalue weighted by Crippen LogP contribution is 2.93. The van der Waals surface area contributed by atoms with Crippen molar-refractivity contribution in [3.63, 3.8) is 0 Å². The summed E-state index contributed by atoms with van der Waals surface area (Å²) in [5.74, 6) is 3.97. The Morgan fingerprint density at radius 1 is 1.07 bits per heavy atom. The average Bonchev–Trinajstić information content (AvgIpc) is 3.91. The Balaban J connectivity index is 1.04. The van der Waals surface area contributed by atoms with Crippen molar-refractivity contribution < 1.29 is 9.53 Å². The Morgan fingerprint density at radius 2 is 1.90 bits per heavy atom. The van der Waals surface area contributed by atoms with Crippen molar-refractivity contribution in [2.24, 2.45) is 22.7 Å². The van der Waals surface area contributed by atoms with E-state index in [0.717, 1.165) is 55.7 Å². The van der Waals surface area contributed by atoms with Gasteiger partial charge in [0.05, 0.1) is 12.2 Å². The fraction of sp³-hybridized carbons (Fsp3) is 0.548. The largest absolute Gasteiger partial charge is 0.477 e.